The highest BCUT2D eigenvalue weighted by Crippen LogP contribution is 2.25. The normalized spacial score (nSPS) is 10.5. The van der Waals surface area contributed by atoms with Crippen molar-refractivity contribution in [2.24, 2.45) is 0 Å². The molecule has 0 spiro atoms. The monoisotopic (exact) mass is 255 g/mol. The molecule has 3 rings (SSSR count). The van der Waals surface area contributed by atoms with E-state index in [9.17, 15) is 4.79 Å². The maximum atomic E-state index is 11.2. The van der Waals surface area contributed by atoms with Crippen molar-refractivity contribution < 1.29 is 14.3 Å². The van der Waals surface area contributed by atoms with Crippen molar-refractivity contribution in [2.45, 2.75) is 0 Å². The quantitative estimate of drug-likeness (QED) is 0.776. The van der Waals surface area contributed by atoms with Crippen LogP contribution >= 0.6 is 0 Å². The van der Waals surface area contributed by atoms with E-state index in [0.717, 1.165) is 0 Å². The lowest BCUT2D eigenvalue weighted by Crippen LogP contribution is -2.02. The van der Waals surface area contributed by atoms with Crippen LogP contribution in [0.3, 0.4) is 0 Å². The van der Waals surface area contributed by atoms with Crippen LogP contribution in [0.25, 0.3) is 17.1 Å². The van der Waals surface area contributed by atoms with Crippen LogP contribution < -0.4 is 0 Å². The van der Waals surface area contributed by atoms with Crippen molar-refractivity contribution in [3.05, 3.63) is 54.4 Å². The lowest BCUT2D eigenvalue weighted by atomic mass is 10.2. The summed E-state index contributed by atoms with van der Waals surface area (Å²) in [6, 6.07) is 12.5. The van der Waals surface area contributed by atoms with Crippen molar-refractivity contribution in [1.29, 1.82) is 0 Å². The van der Waals surface area contributed by atoms with Crippen molar-refractivity contribution in [2.75, 3.05) is 0 Å². The highest BCUT2D eigenvalue weighted by molar-refractivity contribution is 5.92. The summed E-state index contributed by atoms with van der Waals surface area (Å²) in [5, 5.41) is 16.8. The van der Waals surface area contributed by atoms with Crippen LogP contribution in [0.15, 0.2) is 53.1 Å². The second kappa shape index (κ2) is 4.41. The largest absolute Gasteiger partial charge is 0.476 e. The van der Waals surface area contributed by atoms with Gasteiger partial charge in [0.1, 0.15) is 5.69 Å². The lowest BCUT2D eigenvalue weighted by Gasteiger charge is -2.04. The van der Waals surface area contributed by atoms with Gasteiger partial charge in [0.2, 0.25) is 5.69 Å². The Kier molecular flexibility index (Phi) is 2.60. The third-order valence-electron chi connectivity index (χ3n) is 2.63. The van der Waals surface area contributed by atoms with E-state index in [1.54, 1.807) is 12.1 Å². The van der Waals surface area contributed by atoms with Gasteiger partial charge in [-0.2, -0.15) is 0 Å². The molecule has 2 heterocycles. The summed E-state index contributed by atoms with van der Waals surface area (Å²) in [7, 11) is 0. The summed E-state index contributed by atoms with van der Waals surface area (Å²) in [4.78, 5) is 11.2. The van der Waals surface area contributed by atoms with Gasteiger partial charge in [-0.15, -0.1) is 5.10 Å². The van der Waals surface area contributed by atoms with Crippen molar-refractivity contribution in [1.82, 2.24) is 15.0 Å². The van der Waals surface area contributed by atoms with E-state index >= 15 is 0 Å². The van der Waals surface area contributed by atoms with E-state index in [-0.39, 0.29) is 5.69 Å². The first-order valence-electron chi connectivity index (χ1n) is 5.55. The van der Waals surface area contributed by atoms with Gasteiger partial charge in [-0.3, -0.25) is 0 Å². The molecule has 0 aliphatic rings. The highest BCUT2D eigenvalue weighted by Gasteiger charge is 2.23. The maximum absolute atomic E-state index is 11.2. The van der Waals surface area contributed by atoms with Crippen LogP contribution in [-0.4, -0.2) is 26.1 Å². The van der Waals surface area contributed by atoms with E-state index in [0.29, 0.717) is 17.1 Å². The van der Waals surface area contributed by atoms with Crippen molar-refractivity contribution in [3.8, 4) is 17.1 Å². The Balaban J connectivity index is 2.24. The first-order valence-corrected chi connectivity index (χ1v) is 5.55. The van der Waals surface area contributed by atoms with E-state index < -0.39 is 5.97 Å². The zero-order valence-corrected chi connectivity index (χ0v) is 9.72. The van der Waals surface area contributed by atoms with Crippen LogP contribution in [0.1, 0.15) is 10.5 Å². The van der Waals surface area contributed by atoms with E-state index in [1.165, 1.54) is 10.9 Å². The SMILES string of the molecule is O=C(O)c1nnn(-c2ccccc2)c1-c1ccco1. The number of benzene rings is 1. The number of carboxylic acid groups (broad SMARTS) is 1. The standard InChI is InChI=1S/C13H9N3O3/c17-13(18)11-12(10-7-4-8-19-10)16(15-14-11)9-5-2-1-3-6-9/h1-8H,(H,17,18). The van der Waals surface area contributed by atoms with Gasteiger partial charge in [-0.1, -0.05) is 23.4 Å². The molecule has 0 atom stereocenters. The molecule has 19 heavy (non-hydrogen) atoms. The number of furan rings is 1. The molecule has 0 aliphatic carbocycles. The molecular weight excluding hydrogens is 246 g/mol. The molecule has 2 aromatic heterocycles. The van der Waals surface area contributed by atoms with Gasteiger partial charge in [-0.05, 0) is 24.3 Å². The molecule has 0 aliphatic heterocycles. The Bertz CT molecular complexity index is 702. The molecule has 6 heteroatoms. The molecule has 0 amide bonds. The minimum Gasteiger partial charge on any atom is -0.476 e. The molecule has 0 fully saturated rings. The maximum Gasteiger partial charge on any atom is 0.358 e. The second-order valence-electron chi connectivity index (χ2n) is 3.82. The third-order valence-corrected chi connectivity index (χ3v) is 2.63. The van der Waals surface area contributed by atoms with Crippen LogP contribution in [0.5, 0.6) is 0 Å². The van der Waals surface area contributed by atoms with E-state index in [1.807, 2.05) is 30.3 Å². The molecule has 0 unspecified atom stereocenters. The van der Waals surface area contributed by atoms with Crippen LogP contribution in [0, 0.1) is 0 Å². The molecule has 0 saturated heterocycles. The summed E-state index contributed by atoms with van der Waals surface area (Å²) in [6.07, 6.45) is 1.48. The van der Waals surface area contributed by atoms with Gasteiger partial charge >= 0.3 is 5.97 Å². The topological polar surface area (TPSA) is 81.1 Å². The fourth-order valence-electron chi connectivity index (χ4n) is 1.81. The van der Waals surface area contributed by atoms with Crippen molar-refractivity contribution >= 4 is 5.97 Å². The number of para-hydroxylation sites is 1. The van der Waals surface area contributed by atoms with Gasteiger partial charge in [-0.25, -0.2) is 9.48 Å². The molecular formula is C13H9N3O3. The fraction of sp³-hybridized carbons (Fsp3) is 0. The minimum atomic E-state index is -1.14. The molecule has 0 bridgehead atoms. The Labute approximate surface area is 107 Å². The number of carboxylic acids is 1. The van der Waals surface area contributed by atoms with Gasteiger partial charge in [0.05, 0.1) is 12.0 Å². The first-order chi connectivity index (χ1) is 9.27. The van der Waals surface area contributed by atoms with Gasteiger partial charge in [0.15, 0.2) is 5.76 Å². The summed E-state index contributed by atoms with van der Waals surface area (Å²) < 4.78 is 6.71. The Hall–Kier alpha value is -2.89. The van der Waals surface area contributed by atoms with E-state index in [2.05, 4.69) is 10.3 Å². The number of hydrogen-bond acceptors (Lipinski definition) is 4. The van der Waals surface area contributed by atoms with E-state index in [4.69, 9.17) is 9.52 Å². The summed E-state index contributed by atoms with van der Waals surface area (Å²) in [6.45, 7) is 0. The van der Waals surface area contributed by atoms with Crippen molar-refractivity contribution in [3.63, 3.8) is 0 Å². The highest BCUT2D eigenvalue weighted by atomic mass is 16.4. The molecule has 1 N–H and O–H groups in total. The fourth-order valence-corrected chi connectivity index (χ4v) is 1.81. The second-order valence-corrected chi connectivity index (χ2v) is 3.82. The molecule has 0 radical (unpaired) electrons. The summed E-state index contributed by atoms with van der Waals surface area (Å²) >= 11 is 0. The predicted octanol–water partition coefficient (Wildman–Crippen LogP) is 2.23. The molecule has 1 aromatic carbocycles. The number of aromatic nitrogens is 3. The van der Waals surface area contributed by atoms with Gasteiger partial charge in [0, 0.05) is 0 Å². The summed E-state index contributed by atoms with van der Waals surface area (Å²) in [5.74, 6) is -0.736. The predicted molar refractivity (Wildman–Crippen MR) is 66.0 cm³/mol. The Morgan fingerprint density at radius 1 is 1.16 bits per heavy atom. The number of carbonyl (C=O) groups is 1. The van der Waals surface area contributed by atoms with Crippen LogP contribution in [0.4, 0.5) is 0 Å². The van der Waals surface area contributed by atoms with Gasteiger partial charge in [0.25, 0.3) is 0 Å². The average Bonchev–Trinajstić information content (AvgIpc) is 3.08. The number of aromatic carboxylic acids is 1. The number of rotatable bonds is 3. The molecule has 94 valence electrons. The molecule has 3 aromatic rings. The Morgan fingerprint density at radius 2 is 1.95 bits per heavy atom. The first kappa shape index (κ1) is 11.2. The number of nitrogens with zero attached hydrogens (tertiary/aromatic N) is 3. The van der Waals surface area contributed by atoms with Gasteiger partial charge < -0.3 is 9.52 Å². The zero-order valence-electron chi connectivity index (χ0n) is 9.72. The lowest BCUT2D eigenvalue weighted by molar-refractivity contribution is 0.0691. The molecule has 0 saturated carbocycles. The average molecular weight is 255 g/mol. The van der Waals surface area contributed by atoms with Crippen LogP contribution in [-0.2, 0) is 0 Å². The zero-order chi connectivity index (χ0) is 13.2. The smallest absolute Gasteiger partial charge is 0.358 e. The Morgan fingerprint density at radius 3 is 2.58 bits per heavy atom. The molecule has 6 nitrogen and oxygen atoms in total. The number of hydrogen-bond donors (Lipinski definition) is 1. The summed E-state index contributed by atoms with van der Waals surface area (Å²) in [5.41, 5.74) is 0.899. The minimum absolute atomic E-state index is 0.140. The van der Waals surface area contributed by atoms with Crippen LogP contribution in [0.2, 0.25) is 0 Å². The third kappa shape index (κ3) is 1.89.